The van der Waals surface area contributed by atoms with E-state index >= 15 is 0 Å². The third-order valence-corrected chi connectivity index (χ3v) is 10.4. The van der Waals surface area contributed by atoms with Crippen LogP contribution in [0.3, 0.4) is 0 Å². The molecular formula is C43H51N3O7. The molecule has 0 radical (unpaired) electrons. The summed E-state index contributed by atoms with van der Waals surface area (Å²) in [4.78, 5) is 27.7. The maximum atomic E-state index is 12.8. The van der Waals surface area contributed by atoms with Gasteiger partial charge >= 0.3 is 12.0 Å². The number of methoxy groups -OCH3 is 2. The summed E-state index contributed by atoms with van der Waals surface area (Å²) in [7, 11) is 3.08. The van der Waals surface area contributed by atoms with Gasteiger partial charge in [-0.05, 0) is 58.8 Å². The van der Waals surface area contributed by atoms with Gasteiger partial charge in [0.05, 0.1) is 32.5 Å². The number of carbonyl (C=O) groups excluding carboxylic acids is 2. The van der Waals surface area contributed by atoms with Crippen molar-refractivity contribution in [3.05, 3.63) is 131 Å². The Kier molecular flexibility index (Phi) is 13.3. The second-order valence-electron chi connectivity index (χ2n) is 14.0. The summed E-state index contributed by atoms with van der Waals surface area (Å²) < 4.78 is 23.9. The van der Waals surface area contributed by atoms with E-state index in [1.54, 1.807) is 7.11 Å². The number of hydrogen-bond acceptors (Lipinski definition) is 8. The summed E-state index contributed by atoms with van der Waals surface area (Å²) in [6, 6.07) is 32.9. The van der Waals surface area contributed by atoms with Crippen molar-refractivity contribution >= 4 is 12.0 Å². The third kappa shape index (κ3) is 9.90. The summed E-state index contributed by atoms with van der Waals surface area (Å²) in [6.45, 7) is 5.02. The number of amides is 2. The summed E-state index contributed by atoms with van der Waals surface area (Å²) in [5.74, 6) is -0.402. The van der Waals surface area contributed by atoms with Crippen molar-refractivity contribution in [2.24, 2.45) is 5.92 Å². The topological polar surface area (TPSA) is 119 Å². The van der Waals surface area contributed by atoms with Crippen molar-refractivity contribution in [1.29, 1.82) is 0 Å². The van der Waals surface area contributed by atoms with Gasteiger partial charge in [0.1, 0.15) is 6.04 Å². The Bertz CT molecular complexity index is 1770. The third-order valence-electron chi connectivity index (χ3n) is 10.4. The fourth-order valence-electron chi connectivity index (χ4n) is 7.35. The lowest BCUT2D eigenvalue weighted by molar-refractivity contribution is -0.276. The zero-order chi connectivity index (χ0) is 37.2. The molecule has 10 heteroatoms. The SMILES string of the molecule is COCC1CCCN1CC1OC(c2ccc(-c3cccc(CNC(=O)NC(Cc4ccccc4)C(=O)OC)c3)cc2)OC(c2ccc(CO)cc2)C1C. The normalized spacial score (nSPS) is 22.2. The van der Waals surface area contributed by atoms with Crippen LogP contribution in [0.25, 0.3) is 11.1 Å². The first-order valence-electron chi connectivity index (χ1n) is 18.4. The standard InChI is InChI=1S/C43H51N3O7/c1-29-39(26-46-22-8-13-37(46)28-50-2)52-42(53-40(29)34-16-14-31(27-47)15-17-34)35-20-18-33(19-21-35)36-12-7-11-32(23-36)25-44-43(49)45-38(41(48)51-3)24-30-9-5-4-6-10-30/h4-7,9-12,14-21,23,29,37-40,42,47H,8,13,22,24-28H2,1-3H3,(H2,44,45,49). The van der Waals surface area contributed by atoms with Gasteiger partial charge in [0, 0.05) is 44.1 Å². The van der Waals surface area contributed by atoms with Crippen molar-refractivity contribution in [2.75, 3.05) is 33.9 Å². The van der Waals surface area contributed by atoms with E-state index in [4.69, 9.17) is 18.9 Å². The van der Waals surface area contributed by atoms with E-state index in [9.17, 15) is 14.7 Å². The van der Waals surface area contributed by atoms with E-state index < -0.39 is 24.3 Å². The minimum atomic E-state index is -0.808. The molecule has 6 atom stereocenters. The summed E-state index contributed by atoms with van der Waals surface area (Å²) in [6.07, 6.45) is 1.80. The average molecular weight is 722 g/mol. The Hall–Kier alpha value is -4.58. The highest BCUT2D eigenvalue weighted by Gasteiger charge is 2.40. The Morgan fingerprint density at radius 3 is 2.32 bits per heavy atom. The molecule has 2 aliphatic heterocycles. The van der Waals surface area contributed by atoms with Crippen molar-refractivity contribution < 1.29 is 33.6 Å². The number of nitrogens with zero attached hydrogens (tertiary/aromatic N) is 1. The van der Waals surface area contributed by atoms with Crippen molar-refractivity contribution in [1.82, 2.24) is 15.5 Å². The number of hydrogen-bond donors (Lipinski definition) is 3. The Morgan fingerprint density at radius 1 is 0.868 bits per heavy atom. The van der Waals surface area contributed by atoms with Crippen molar-refractivity contribution in [3.63, 3.8) is 0 Å². The van der Waals surface area contributed by atoms with Crippen LogP contribution in [0.1, 0.15) is 60.0 Å². The molecular weight excluding hydrogens is 670 g/mol. The zero-order valence-corrected chi connectivity index (χ0v) is 30.8. The highest BCUT2D eigenvalue weighted by molar-refractivity contribution is 5.83. The van der Waals surface area contributed by atoms with Crippen LogP contribution in [0, 0.1) is 5.92 Å². The number of ether oxygens (including phenoxy) is 4. The average Bonchev–Trinajstić information content (AvgIpc) is 3.64. The van der Waals surface area contributed by atoms with E-state index in [1.165, 1.54) is 7.11 Å². The number of rotatable bonds is 14. The fraction of sp³-hybridized carbons (Fsp3) is 0.395. The van der Waals surface area contributed by atoms with E-state index in [1.807, 2.05) is 78.9 Å². The molecule has 2 fully saturated rings. The molecule has 6 unspecified atom stereocenters. The summed E-state index contributed by atoms with van der Waals surface area (Å²) in [5.41, 5.74) is 6.72. The van der Waals surface area contributed by atoms with Crippen LogP contribution in [0.15, 0.2) is 103 Å². The molecule has 10 nitrogen and oxygen atoms in total. The molecule has 280 valence electrons. The molecule has 0 saturated carbocycles. The van der Waals surface area contributed by atoms with Gasteiger partial charge in [-0.15, -0.1) is 0 Å². The zero-order valence-electron chi connectivity index (χ0n) is 30.8. The number of carbonyl (C=O) groups is 2. The number of aliphatic hydroxyl groups is 1. The Balaban J connectivity index is 1.12. The quantitative estimate of drug-likeness (QED) is 0.129. The predicted molar refractivity (Wildman–Crippen MR) is 203 cm³/mol. The molecule has 0 aliphatic carbocycles. The monoisotopic (exact) mass is 721 g/mol. The second kappa shape index (κ2) is 18.4. The second-order valence-corrected chi connectivity index (χ2v) is 14.0. The molecule has 6 rings (SSSR count). The van der Waals surface area contributed by atoms with Crippen LogP contribution in [0.5, 0.6) is 0 Å². The molecule has 53 heavy (non-hydrogen) atoms. The first kappa shape index (κ1) is 38.2. The molecule has 3 N–H and O–H groups in total. The number of esters is 1. The molecule has 0 aromatic heterocycles. The number of likely N-dealkylation sites (tertiary alicyclic amines) is 1. The lowest BCUT2D eigenvalue weighted by Gasteiger charge is -2.43. The number of benzene rings is 4. The fourth-order valence-corrected chi connectivity index (χ4v) is 7.35. The van der Waals surface area contributed by atoms with Crippen LogP contribution in [-0.4, -0.2) is 74.1 Å². The van der Waals surface area contributed by atoms with Gasteiger partial charge in [0.15, 0.2) is 6.29 Å². The Morgan fingerprint density at radius 2 is 1.60 bits per heavy atom. The number of nitrogens with one attached hydrogen (secondary N) is 2. The van der Waals surface area contributed by atoms with Gasteiger partial charge in [-0.25, -0.2) is 9.59 Å². The first-order chi connectivity index (χ1) is 25.8. The molecule has 4 aromatic rings. The van der Waals surface area contributed by atoms with Gasteiger partial charge in [-0.1, -0.05) is 104 Å². The van der Waals surface area contributed by atoms with Gasteiger partial charge < -0.3 is 34.7 Å². The van der Waals surface area contributed by atoms with Gasteiger partial charge in [-0.3, -0.25) is 4.90 Å². The largest absolute Gasteiger partial charge is 0.467 e. The summed E-state index contributed by atoms with van der Waals surface area (Å²) in [5, 5.41) is 15.2. The van der Waals surface area contributed by atoms with Gasteiger partial charge in [-0.2, -0.15) is 0 Å². The molecule has 2 aliphatic rings. The molecule has 2 amide bonds. The molecule has 4 aromatic carbocycles. The highest BCUT2D eigenvalue weighted by Crippen LogP contribution is 2.42. The minimum absolute atomic E-state index is 0.000670. The summed E-state index contributed by atoms with van der Waals surface area (Å²) >= 11 is 0. The van der Waals surface area contributed by atoms with Crippen molar-refractivity contribution in [2.45, 2.75) is 69.9 Å². The maximum Gasteiger partial charge on any atom is 0.328 e. The molecule has 2 heterocycles. The predicted octanol–water partition coefficient (Wildman–Crippen LogP) is 6.33. The lowest BCUT2D eigenvalue weighted by Crippen LogP contribution is -2.47. The molecule has 0 bridgehead atoms. The van der Waals surface area contributed by atoms with E-state index in [0.717, 1.165) is 64.9 Å². The first-order valence-corrected chi connectivity index (χ1v) is 18.4. The minimum Gasteiger partial charge on any atom is -0.467 e. The number of urea groups is 1. The lowest BCUT2D eigenvalue weighted by atomic mass is 9.89. The van der Waals surface area contributed by atoms with Crippen LogP contribution >= 0.6 is 0 Å². The van der Waals surface area contributed by atoms with Crippen LogP contribution in [0.2, 0.25) is 0 Å². The highest BCUT2D eigenvalue weighted by atomic mass is 16.7. The molecule has 0 spiro atoms. The van der Waals surface area contributed by atoms with Crippen LogP contribution in [0.4, 0.5) is 4.79 Å². The Labute approximate surface area is 312 Å². The van der Waals surface area contributed by atoms with E-state index in [0.29, 0.717) is 19.1 Å². The van der Waals surface area contributed by atoms with Gasteiger partial charge in [0.25, 0.3) is 0 Å². The smallest absolute Gasteiger partial charge is 0.328 e. The van der Waals surface area contributed by atoms with Gasteiger partial charge in [0.2, 0.25) is 0 Å². The van der Waals surface area contributed by atoms with Crippen LogP contribution < -0.4 is 10.6 Å². The molecule has 2 saturated heterocycles. The maximum absolute atomic E-state index is 12.8. The number of aliphatic hydroxyl groups excluding tert-OH is 1. The van der Waals surface area contributed by atoms with E-state index in [2.05, 4.69) is 46.7 Å². The van der Waals surface area contributed by atoms with Crippen LogP contribution in [-0.2, 0) is 43.3 Å². The van der Waals surface area contributed by atoms with E-state index in [-0.39, 0.29) is 31.3 Å². The van der Waals surface area contributed by atoms with Crippen molar-refractivity contribution in [3.8, 4) is 11.1 Å².